The van der Waals surface area contributed by atoms with E-state index >= 15 is 0 Å². The Bertz CT molecular complexity index is 394. The molecule has 1 fully saturated rings. The number of hydrogen-bond acceptors (Lipinski definition) is 2. The third-order valence-corrected chi connectivity index (χ3v) is 4.37. The Balaban J connectivity index is 1.68. The fraction of sp³-hybridized carbons (Fsp3) is 0.600. The second-order valence-corrected chi connectivity index (χ2v) is 5.62. The average molecular weight is 230 g/mol. The molecule has 2 aliphatic rings. The van der Waals surface area contributed by atoms with Gasteiger partial charge in [0.05, 0.1) is 0 Å². The summed E-state index contributed by atoms with van der Waals surface area (Å²) in [5, 5.41) is 0. The van der Waals surface area contributed by atoms with Crippen LogP contribution in [0, 0.1) is 5.92 Å². The van der Waals surface area contributed by atoms with E-state index in [2.05, 4.69) is 17.0 Å². The van der Waals surface area contributed by atoms with E-state index in [-0.39, 0.29) is 0 Å². The minimum Gasteiger partial charge on any atom is -0.398 e. The van der Waals surface area contributed by atoms with E-state index in [1.54, 1.807) is 0 Å². The number of nitrogen functional groups attached to an aromatic ring is 1. The molecule has 1 saturated carbocycles. The fourth-order valence-corrected chi connectivity index (χ4v) is 3.41. The molecule has 0 saturated heterocycles. The molecular formula is C15H22N2. The van der Waals surface area contributed by atoms with Gasteiger partial charge < -0.3 is 5.73 Å². The van der Waals surface area contributed by atoms with Crippen LogP contribution >= 0.6 is 0 Å². The summed E-state index contributed by atoms with van der Waals surface area (Å²) in [6, 6.07) is 6.37. The molecule has 92 valence electrons. The molecule has 0 radical (unpaired) electrons. The van der Waals surface area contributed by atoms with Gasteiger partial charge in [0.2, 0.25) is 0 Å². The van der Waals surface area contributed by atoms with E-state index in [1.807, 2.05) is 6.07 Å². The summed E-state index contributed by atoms with van der Waals surface area (Å²) in [5.41, 5.74) is 9.87. The van der Waals surface area contributed by atoms with E-state index in [0.717, 1.165) is 24.6 Å². The van der Waals surface area contributed by atoms with Crippen LogP contribution in [0.25, 0.3) is 0 Å². The number of anilines is 1. The second kappa shape index (κ2) is 4.69. The summed E-state index contributed by atoms with van der Waals surface area (Å²) in [7, 11) is 0. The van der Waals surface area contributed by atoms with Gasteiger partial charge in [-0.15, -0.1) is 0 Å². The molecule has 0 bridgehead atoms. The number of fused-ring (bicyclic) bond motifs is 1. The SMILES string of the molecule is Nc1cccc2c1CCN(CC1CCCC1)C2. The second-order valence-electron chi connectivity index (χ2n) is 5.62. The molecule has 1 aromatic carbocycles. The van der Waals surface area contributed by atoms with Crippen LogP contribution < -0.4 is 5.73 Å². The lowest BCUT2D eigenvalue weighted by Gasteiger charge is -2.31. The molecule has 1 heterocycles. The van der Waals surface area contributed by atoms with Crippen LogP contribution in [0.15, 0.2) is 18.2 Å². The van der Waals surface area contributed by atoms with Crippen molar-refractivity contribution in [1.82, 2.24) is 4.90 Å². The molecule has 2 N–H and O–H groups in total. The Morgan fingerprint density at radius 1 is 1.24 bits per heavy atom. The molecule has 1 aliphatic carbocycles. The topological polar surface area (TPSA) is 29.3 Å². The van der Waals surface area contributed by atoms with Crippen molar-refractivity contribution in [1.29, 1.82) is 0 Å². The van der Waals surface area contributed by atoms with Crippen LogP contribution in [-0.2, 0) is 13.0 Å². The standard InChI is InChI=1S/C15H22N2/c16-15-7-3-6-13-11-17(9-8-14(13)15)10-12-4-1-2-5-12/h3,6-7,12H,1-2,4-5,8-11,16H2. The van der Waals surface area contributed by atoms with Crippen LogP contribution in [0.5, 0.6) is 0 Å². The zero-order chi connectivity index (χ0) is 11.7. The van der Waals surface area contributed by atoms with Gasteiger partial charge in [-0.25, -0.2) is 0 Å². The maximum atomic E-state index is 6.03. The Hall–Kier alpha value is -1.02. The minimum atomic E-state index is 0.956. The van der Waals surface area contributed by atoms with Gasteiger partial charge in [-0.1, -0.05) is 25.0 Å². The zero-order valence-electron chi connectivity index (χ0n) is 10.5. The van der Waals surface area contributed by atoms with Crippen molar-refractivity contribution >= 4 is 5.69 Å². The maximum Gasteiger partial charge on any atom is 0.0350 e. The molecule has 0 spiro atoms. The summed E-state index contributed by atoms with van der Waals surface area (Å²) < 4.78 is 0. The number of hydrogen-bond donors (Lipinski definition) is 1. The summed E-state index contributed by atoms with van der Waals surface area (Å²) in [6.07, 6.45) is 6.92. The molecular weight excluding hydrogens is 208 g/mol. The summed E-state index contributed by atoms with van der Waals surface area (Å²) >= 11 is 0. The van der Waals surface area contributed by atoms with Crippen LogP contribution in [-0.4, -0.2) is 18.0 Å². The highest BCUT2D eigenvalue weighted by Crippen LogP contribution is 2.29. The van der Waals surface area contributed by atoms with Crippen LogP contribution in [0.4, 0.5) is 5.69 Å². The molecule has 2 nitrogen and oxygen atoms in total. The highest BCUT2D eigenvalue weighted by molar-refractivity contribution is 5.51. The summed E-state index contributed by atoms with van der Waals surface area (Å²) in [5.74, 6) is 0.956. The quantitative estimate of drug-likeness (QED) is 0.792. The van der Waals surface area contributed by atoms with Crippen molar-refractivity contribution in [2.24, 2.45) is 5.92 Å². The van der Waals surface area contributed by atoms with Gasteiger partial charge in [-0.3, -0.25) is 4.90 Å². The first kappa shape index (κ1) is 11.1. The monoisotopic (exact) mass is 230 g/mol. The van der Waals surface area contributed by atoms with Crippen molar-refractivity contribution in [2.75, 3.05) is 18.8 Å². The number of rotatable bonds is 2. The fourth-order valence-electron chi connectivity index (χ4n) is 3.41. The number of benzene rings is 1. The summed E-state index contributed by atoms with van der Waals surface area (Å²) in [4.78, 5) is 2.62. The molecule has 1 aromatic rings. The molecule has 0 amide bonds. The van der Waals surface area contributed by atoms with Crippen LogP contribution in [0.2, 0.25) is 0 Å². The summed E-state index contributed by atoms with van der Waals surface area (Å²) in [6.45, 7) is 3.60. The predicted octanol–water partition coefficient (Wildman–Crippen LogP) is 2.82. The lowest BCUT2D eigenvalue weighted by Crippen LogP contribution is -2.34. The Kier molecular flexibility index (Phi) is 3.06. The van der Waals surface area contributed by atoms with Crippen molar-refractivity contribution in [3.63, 3.8) is 0 Å². The van der Waals surface area contributed by atoms with Gasteiger partial charge in [0.15, 0.2) is 0 Å². The first-order valence-corrected chi connectivity index (χ1v) is 6.91. The van der Waals surface area contributed by atoms with E-state index in [0.29, 0.717) is 0 Å². The van der Waals surface area contributed by atoms with Gasteiger partial charge in [-0.05, 0) is 42.4 Å². The normalized spacial score (nSPS) is 21.6. The van der Waals surface area contributed by atoms with Crippen molar-refractivity contribution in [3.8, 4) is 0 Å². The molecule has 0 unspecified atom stereocenters. The lowest BCUT2D eigenvalue weighted by atomic mass is 9.97. The highest BCUT2D eigenvalue weighted by atomic mass is 15.1. The van der Waals surface area contributed by atoms with Gasteiger partial charge >= 0.3 is 0 Å². The lowest BCUT2D eigenvalue weighted by molar-refractivity contribution is 0.215. The van der Waals surface area contributed by atoms with Crippen molar-refractivity contribution < 1.29 is 0 Å². The van der Waals surface area contributed by atoms with Gasteiger partial charge in [0, 0.05) is 25.3 Å². The molecule has 1 aliphatic heterocycles. The average Bonchev–Trinajstić information content (AvgIpc) is 2.82. The smallest absolute Gasteiger partial charge is 0.0350 e. The maximum absolute atomic E-state index is 6.03. The van der Waals surface area contributed by atoms with Crippen molar-refractivity contribution in [3.05, 3.63) is 29.3 Å². The number of nitrogens with zero attached hydrogens (tertiary/aromatic N) is 1. The Morgan fingerprint density at radius 2 is 2.06 bits per heavy atom. The molecule has 0 aromatic heterocycles. The minimum absolute atomic E-state index is 0.956. The first-order valence-electron chi connectivity index (χ1n) is 6.91. The van der Waals surface area contributed by atoms with Gasteiger partial charge in [-0.2, -0.15) is 0 Å². The highest BCUT2D eigenvalue weighted by Gasteiger charge is 2.22. The predicted molar refractivity (Wildman–Crippen MR) is 71.8 cm³/mol. The van der Waals surface area contributed by atoms with Crippen LogP contribution in [0.1, 0.15) is 36.8 Å². The van der Waals surface area contributed by atoms with E-state index in [9.17, 15) is 0 Å². The molecule has 3 rings (SSSR count). The van der Waals surface area contributed by atoms with Gasteiger partial charge in [0.25, 0.3) is 0 Å². The van der Waals surface area contributed by atoms with E-state index < -0.39 is 0 Å². The van der Waals surface area contributed by atoms with E-state index in [1.165, 1.54) is 49.9 Å². The molecule has 17 heavy (non-hydrogen) atoms. The Morgan fingerprint density at radius 3 is 2.88 bits per heavy atom. The molecule has 2 heteroatoms. The Labute approximate surface area is 104 Å². The van der Waals surface area contributed by atoms with E-state index in [4.69, 9.17) is 5.73 Å². The van der Waals surface area contributed by atoms with Gasteiger partial charge in [0.1, 0.15) is 0 Å². The van der Waals surface area contributed by atoms with Crippen molar-refractivity contribution in [2.45, 2.75) is 38.6 Å². The number of nitrogens with two attached hydrogens (primary N) is 1. The first-order chi connectivity index (χ1) is 8.33. The zero-order valence-corrected chi connectivity index (χ0v) is 10.5. The molecule has 0 atom stereocenters. The third kappa shape index (κ3) is 2.32. The van der Waals surface area contributed by atoms with Crippen LogP contribution in [0.3, 0.4) is 0 Å². The largest absolute Gasteiger partial charge is 0.398 e. The third-order valence-electron chi connectivity index (χ3n) is 4.37.